The van der Waals surface area contributed by atoms with E-state index in [4.69, 9.17) is 0 Å². The van der Waals surface area contributed by atoms with Crippen LogP contribution in [0.4, 0.5) is 0 Å². The molecule has 2 nitrogen and oxygen atoms in total. The number of rotatable bonds is 2. The van der Waals surface area contributed by atoms with Gasteiger partial charge in [0.2, 0.25) is 0 Å². The van der Waals surface area contributed by atoms with E-state index in [0.717, 1.165) is 32.0 Å². The Morgan fingerprint density at radius 3 is 1.59 bits per heavy atom. The highest BCUT2D eigenvalue weighted by atomic mass is 32.2. The first-order valence-electron chi connectivity index (χ1n) is 10.3. The van der Waals surface area contributed by atoms with Gasteiger partial charge in [-0.2, -0.15) is 0 Å². The second kappa shape index (κ2) is 7.58. The van der Waals surface area contributed by atoms with Gasteiger partial charge in [0.25, 0.3) is 0 Å². The van der Waals surface area contributed by atoms with Crippen molar-refractivity contribution in [3.63, 3.8) is 0 Å². The standard InChI is InChI=1S/C26H38O2S/c1-15-12-17(24(3,4)5)21(27)19(13-15)29-23-20(26(9,10)11)16(2)14-18(22(23)28)25(6,7)8/h12-14,27-28H,1-11H3. The van der Waals surface area contributed by atoms with Crippen molar-refractivity contribution in [1.82, 2.24) is 0 Å². The SMILES string of the molecule is Cc1cc(Sc2c(O)c(C(C)(C)C)cc(C)c2C(C)(C)C)c(O)c(C(C)(C)C)c1. The second-order valence-electron chi connectivity index (χ2n) is 11.3. The Morgan fingerprint density at radius 1 is 0.655 bits per heavy atom. The third-order valence-corrected chi connectivity index (χ3v) is 6.38. The molecule has 0 heterocycles. The van der Waals surface area contributed by atoms with Gasteiger partial charge in [-0.3, -0.25) is 0 Å². The van der Waals surface area contributed by atoms with E-state index in [1.165, 1.54) is 17.3 Å². The minimum atomic E-state index is -0.175. The molecule has 2 aromatic rings. The fraction of sp³-hybridized carbons (Fsp3) is 0.538. The first kappa shape index (κ1) is 23.7. The van der Waals surface area contributed by atoms with Crippen LogP contribution in [0.1, 0.15) is 90.1 Å². The summed E-state index contributed by atoms with van der Waals surface area (Å²) in [4.78, 5) is 1.64. The number of aryl methyl sites for hydroxylation is 2. The Kier molecular flexibility index (Phi) is 6.18. The number of hydrogen-bond acceptors (Lipinski definition) is 3. The third-order valence-electron chi connectivity index (χ3n) is 5.25. The maximum absolute atomic E-state index is 11.3. The molecule has 0 aliphatic carbocycles. The second-order valence-corrected chi connectivity index (χ2v) is 12.4. The summed E-state index contributed by atoms with van der Waals surface area (Å²) in [5, 5.41) is 22.4. The van der Waals surface area contributed by atoms with E-state index < -0.39 is 0 Å². The Morgan fingerprint density at radius 2 is 1.14 bits per heavy atom. The minimum absolute atomic E-state index is 0.132. The predicted molar refractivity (Wildman–Crippen MR) is 126 cm³/mol. The fourth-order valence-corrected chi connectivity index (χ4v) is 5.33. The molecule has 29 heavy (non-hydrogen) atoms. The largest absolute Gasteiger partial charge is 0.506 e. The Balaban J connectivity index is 2.82. The van der Waals surface area contributed by atoms with Gasteiger partial charge in [0.1, 0.15) is 11.5 Å². The Hall–Kier alpha value is -1.61. The molecule has 0 unspecified atom stereocenters. The lowest BCUT2D eigenvalue weighted by molar-refractivity contribution is 0.426. The summed E-state index contributed by atoms with van der Waals surface area (Å²) in [6.45, 7) is 23.4. The van der Waals surface area contributed by atoms with E-state index in [0.29, 0.717) is 11.5 Å². The molecule has 160 valence electrons. The molecule has 2 rings (SSSR count). The van der Waals surface area contributed by atoms with E-state index >= 15 is 0 Å². The fourth-order valence-electron chi connectivity index (χ4n) is 3.89. The predicted octanol–water partition coefficient (Wildman–Crippen LogP) is 7.76. The van der Waals surface area contributed by atoms with Crippen LogP contribution in [0.5, 0.6) is 11.5 Å². The molecule has 0 saturated carbocycles. The summed E-state index contributed by atoms with van der Waals surface area (Å²) in [6, 6.07) is 6.19. The van der Waals surface area contributed by atoms with Crippen LogP contribution in [0.3, 0.4) is 0 Å². The topological polar surface area (TPSA) is 40.5 Å². The lowest BCUT2D eigenvalue weighted by atomic mass is 9.79. The van der Waals surface area contributed by atoms with Crippen molar-refractivity contribution < 1.29 is 10.2 Å². The highest BCUT2D eigenvalue weighted by Gasteiger charge is 2.30. The molecule has 2 N–H and O–H groups in total. The number of hydrogen-bond donors (Lipinski definition) is 2. The molecule has 0 bridgehead atoms. The molecule has 0 fully saturated rings. The van der Waals surface area contributed by atoms with Crippen molar-refractivity contribution in [3.05, 3.63) is 46.0 Å². The van der Waals surface area contributed by atoms with Crippen molar-refractivity contribution in [1.29, 1.82) is 0 Å². The van der Waals surface area contributed by atoms with Crippen LogP contribution in [-0.4, -0.2) is 10.2 Å². The van der Waals surface area contributed by atoms with Gasteiger partial charge in [-0.1, -0.05) is 86.2 Å². The van der Waals surface area contributed by atoms with Gasteiger partial charge in [0.05, 0.1) is 9.79 Å². The van der Waals surface area contributed by atoms with Gasteiger partial charge >= 0.3 is 0 Å². The molecule has 0 radical (unpaired) electrons. The quantitative estimate of drug-likeness (QED) is 0.527. The van der Waals surface area contributed by atoms with Gasteiger partial charge in [-0.15, -0.1) is 0 Å². The van der Waals surface area contributed by atoms with Gasteiger partial charge < -0.3 is 10.2 Å². The number of phenolic OH excluding ortho intramolecular Hbond substituents is 2. The van der Waals surface area contributed by atoms with Crippen LogP contribution in [0.25, 0.3) is 0 Å². The van der Waals surface area contributed by atoms with Crippen molar-refractivity contribution >= 4 is 11.8 Å². The zero-order valence-electron chi connectivity index (χ0n) is 20.0. The normalized spacial score (nSPS) is 13.1. The molecule has 0 atom stereocenters. The molecular weight excluding hydrogens is 376 g/mol. The first-order chi connectivity index (χ1) is 12.9. The average Bonchev–Trinajstić information content (AvgIpc) is 2.50. The van der Waals surface area contributed by atoms with Crippen LogP contribution in [0.15, 0.2) is 28.0 Å². The smallest absolute Gasteiger partial charge is 0.133 e. The molecule has 3 heteroatoms. The maximum atomic E-state index is 11.3. The lowest BCUT2D eigenvalue weighted by Gasteiger charge is -2.30. The molecule has 2 aromatic carbocycles. The third kappa shape index (κ3) is 4.94. The van der Waals surface area contributed by atoms with E-state index in [9.17, 15) is 10.2 Å². The van der Waals surface area contributed by atoms with Gasteiger partial charge in [-0.05, 0) is 52.8 Å². The maximum Gasteiger partial charge on any atom is 0.133 e. The molecule has 0 aliphatic heterocycles. The molecule has 0 spiro atoms. The van der Waals surface area contributed by atoms with Gasteiger partial charge in [0.15, 0.2) is 0 Å². The zero-order valence-corrected chi connectivity index (χ0v) is 20.9. The summed E-state index contributed by atoms with van der Waals surface area (Å²) in [6.07, 6.45) is 0. The van der Waals surface area contributed by atoms with Crippen LogP contribution >= 0.6 is 11.8 Å². The highest BCUT2D eigenvalue weighted by molar-refractivity contribution is 7.99. The molecule has 0 amide bonds. The summed E-state index contributed by atoms with van der Waals surface area (Å²) in [5.41, 5.74) is 4.81. The van der Waals surface area contributed by atoms with Crippen molar-refractivity contribution in [2.24, 2.45) is 0 Å². The van der Waals surface area contributed by atoms with Crippen LogP contribution < -0.4 is 0 Å². The van der Waals surface area contributed by atoms with E-state index in [2.05, 4.69) is 88.3 Å². The van der Waals surface area contributed by atoms with Crippen molar-refractivity contribution in [3.8, 4) is 11.5 Å². The van der Waals surface area contributed by atoms with Crippen LogP contribution in [-0.2, 0) is 16.2 Å². The highest BCUT2D eigenvalue weighted by Crippen LogP contribution is 2.50. The number of aromatic hydroxyl groups is 2. The number of benzene rings is 2. The lowest BCUT2D eigenvalue weighted by Crippen LogP contribution is -2.18. The molecule has 0 aromatic heterocycles. The monoisotopic (exact) mass is 414 g/mol. The Labute approximate surface area is 181 Å². The zero-order chi connectivity index (χ0) is 22.5. The summed E-state index contributed by atoms with van der Waals surface area (Å²) >= 11 is 1.48. The Bertz CT molecular complexity index is 920. The summed E-state index contributed by atoms with van der Waals surface area (Å²) in [5.74, 6) is 0.641. The van der Waals surface area contributed by atoms with Crippen molar-refractivity contribution in [2.75, 3.05) is 0 Å². The first-order valence-corrected chi connectivity index (χ1v) is 11.2. The van der Waals surface area contributed by atoms with Crippen molar-refractivity contribution in [2.45, 2.75) is 102 Å². The summed E-state index contributed by atoms with van der Waals surface area (Å²) < 4.78 is 0. The minimum Gasteiger partial charge on any atom is -0.506 e. The number of phenols is 2. The van der Waals surface area contributed by atoms with Crippen LogP contribution in [0, 0.1) is 13.8 Å². The van der Waals surface area contributed by atoms with Crippen LogP contribution in [0.2, 0.25) is 0 Å². The van der Waals surface area contributed by atoms with E-state index in [1.807, 2.05) is 6.07 Å². The van der Waals surface area contributed by atoms with Gasteiger partial charge in [-0.25, -0.2) is 0 Å². The van der Waals surface area contributed by atoms with E-state index in [1.54, 1.807) is 0 Å². The van der Waals surface area contributed by atoms with Gasteiger partial charge in [0, 0.05) is 11.1 Å². The van der Waals surface area contributed by atoms with E-state index in [-0.39, 0.29) is 16.2 Å². The molecule has 0 saturated heterocycles. The average molecular weight is 415 g/mol. The molecule has 0 aliphatic rings. The molecular formula is C26H38O2S. The summed E-state index contributed by atoms with van der Waals surface area (Å²) in [7, 11) is 0.